The highest BCUT2D eigenvalue weighted by molar-refractivity contribution is 7.89. The molecule has 0 spiro atoms. The van der Waals surface area contributed by atoms with Crippen LogP contribution in [0.2, 0.25) is 0 Å². The van der Waals surface area contributed by atoms with Gasteiger partial charge in [0.05, 0.1) is 4.90 Å². The molecule has 11 heteroatoms. The lowest BCUT2D eigenvalue weighted by Crippen LogP contribution is -2.34. The van der Waals surface area contributed by atoms with Crippen LogP contribution in [-0.4, -0.2) is 26.1 Å². The van der Waals surface area contributed by atoms with Crippen molar-refractivity contribution >= 4 is 16.0 Å². The van der Waals surface area contributed by atoms with Crippen LogP contribution in [-0.2, 0) is 26.1 Å². The number of carbonyl (C=O) groups excluding carboxylic acids is 1. The molecule has 0 aromatic heterocycles. The molecule has 0 atom stereocenters. The van der Waals surface area contributed by atoms with Gasteiger partial charge in [-0.15, -0.1) is 0 Å². The topological polar surface area (TPSA) is 98.5 Å². The molecule has 1 aromatic carbocycles. The number of halogens is 4. The molecule has 0 amide bonds. The van der Waals surface area contributed by atoms with Crippen molar-refractivity contribution in [1.29, 1.82) is 0 Å². The normalized spacial score (nSPS) is 13.0. The zero-order valence-corrected chi connectivity index (χ0v) is 13.6. The number of aryl methyl sites for hydroxylation is 1. The summed E-state index contributed by atoms with van der Waals surface area (Å²) >= 11 is 0. The third-order valence-electron chi connectivity index (χ3n) is 2.85. The van der Waals surface area contributed by atoms with E-state index in [0.29, 0.717) is 12.5 Å². The van der Waals surface area contributed by atoms with E-state index in [9.17, 15) is 30.8 Å². The molecule has 0 aliphatic carbocycles. The van der Waals surface area contributed by atoms with Crippen LogP contribution < -0.4 is 10.6 Å². The van der Waals surface area contributed by atoms with Crippen LogP contribution in [0.25, 0.3) is 0 Å². The summed E-state index contributed by atoms with van der Waals surface area (Å²) in [7, 11) is -4.66. The molecular weight excluding hydrogens is 356 g/mol. The Morgan fingerprint density at radius 2 is 1.88 bits per heavy atom. The van der Waals surface area contributed by atoms with Crippen LogP contribution in [0.5, 0.6) is 0 Å². The number of benzene rings is 1. The van der Waals surface area contributed by atoms with Crippen LogP contribution in [0, 0.1) is 5.82 Å². The Labute approximate surface area is 136 Å². The van der Waals surface area contributed by atoms with Crippen LogP contribution in [0.4, 0.5) is 17.6 Å². The van der Waals surface area contributed by atoms with Crippen molar-refractivity contribution in [3.05, 3.63) is 29.6 Å². The first-order valence-corrected chi connectivity index (χ1v) is 8.08. The number of rotatable bonds is 6. The van der Waals surface area contributed by atoms with E-state index < -0.39 is 38.4 Å². The second-order valence-corrected chi connectivity index (χ2v) is 7.36. The van der Waals surface area contributed by atoms with E-state index in [1.807, 2.05) is 0 Å². The number of carbonyl (C=O) groups is 1. The lowest BCUT2D eigenvalue weighted by molar-refractivity contribution is -0.203. The molecule has 0 unspecified atom stereocenters. The molecule has 0 aliphatic heterocycles. The van der Waals surface area contributed by atoms with Crippen molar-refractivity contribution in [2.45, 2.75) is 43.3 Å². The van der Waals surface area contributed by atoms with Crippen molar-refractivity contribution in [2.75, 3.05) is 0 Å². The SMILES string of the molecule is CC(C)(N)CCc1ccc(S(=O)(=O)NOC(=O)C(F)(F)F)cc1F. The summed E-state index contributed by atoms with van der Waals surface area (Å²) in [4.78, 5) is 14.2. The van der Waals surface area contributed by atoms with Crippen LogP contribution >= 0.6 is 0 Å². The third kappa shape index (κ3) is 6.06. The highest BCUT2D eigenvalue weighted by Crippen LogP contribution is 2.19. The predicted molar refractivity (Wildman–Crippen MR) is 75.5 cm³/mol. The number of alkyl halides is 3. The molecule has 6 nitrogen and oxygen atoms in total. The molecule has 0 radical (unpaired) electrons. The minimum Gasteiger partial charge on any atom is -0.348 e. The van der Waals surface area contributed by atoms with Crippen molar-refractivity contribution in [2.24, 2.45) is 5.73 Å². The Morgan fingerprint density at radius 3 is 2.33 bits per heavy atom. The maximum atomic E-state index is 13.9. The fraction of sp³-hybridized carbons (Fsp3) is 0.462. The number of hydrogen-bond donors (Lipinski definition) is 2. The van der Waals surface area contributed by atoms with Gasteiger partial charge in [-0.1, -0.05) is 6.07 Å². The maximum absolute atomic E-state index is 13.9. The summed E-state index contributed by atoms with van der Waals surface area (Å²) in [5.41, 5.74) is 5.41. The first-order chi connectivity index (χ1) is 10.7. The van der Waals surface area contributed by atoms with Gasteiger partial charge in [-0.2, -0.15) is 13.2 Å². The molecule has 24 heavy (non-hydrogen) atoms. The van der Waals surface area contributed by atoms with Crippen molar-refractivity contribution < 1.29 is 35.6 Å². The van der Waals surface area contributed by atoms with E-state index in [2.05, 4.69) is 4.84 Å². The molecular formula is C13H16F4N2O4S. The highest BCUT2D eigenvalue weighted by Gasteiger charge is 2.42. The Kier molecular flexibility index (Phi) is 5.95. The monoisotopic (exact) mass is 372 g/mol. The lowest BCUT2D eigenvalue weighted by Gasteiger charge is -2.18. The molecule has 0 aliphatic rings. The van der Waals surface area contributed by atoms with Gasteiger partial charge in [0.15, 0.2) is 0 Å². The van der Waals surface area contributed by atoms with Gasteiger partial charge in [0, 0.05) is 5.54 Å². The molecule has 0 bridgehead atoms. The predicted octanol–water partition coefficient (Wildman–Crippen LogP) is 1.79. The van der Waals surface area contributed by atoms with E-state index >= 15 is 0 Å². The van der Waals surface area contributed by atoms with E-state index in [0.717, 1.165) is 11.0 Å². The third-order valence-corrected chi connectivity index (χ3v) is 4.03. The quantitative estimate of drug-likeness (QED) is 0.586. The summed E-state index contributed by atoms with van der Waals surface area (Å²) in [5, 5.41) is 0. The smallest absolute Gasteiger partial charge is 0.348 e. The molecule has 0 fully saturated rings. The molecule has 0 saturated carbocycles. The van der Waals surface area contributed by atoms with E-state index in [1.165, 1.54) is 6.07 Å². The largest absolute Gasteiger partial charge is 0.492 e. The fourth-order valence-corrected chi connectivity index (χ4v) is 2.34. The van der Waals surface area contributed by atoms with Crippen LogP contribution in [0.3, 0.4) is 0 Å². The molecule has 136 valence electrons. The molecule has 1 aromatic rings. The van der Waals surface area contributed by atoms with Gasteiger partial charge in [-0.3, -0.25) is 0 Å². The Hall–Kier alpha value is -1.72. The first-order valence-electron chi connectivity index (χ1n) is 6.59. The second kappa shape index (κ2) is 7.03. The van der Waals surface area contributed by atoms with Crippen molar-refractivity contribution in [1.82, 2.24) is 4.89 Å². The summed E-state index contributed by atoms with van der Waals surface area (Å²) < 4.78 is 73.2. The maximum Gasteiger partial charge on any atom is 0.492 e. The standard InChI is InChI=1S/C13H16F4N2O4S/c1-12(2,18)6-5-8-3-4-9(7-10(8)14)24(21,22)19-23-11(20)13(15,16)17/h3-4,7,19H,5-6,18H2,1-2H3. The summed E-state index contributed by atoms with van der Waals surface area (Å²) in [5.74, 6) is -3.61. The van der Waals surface area contributed by atoms with Gasteiger partial charge in [-0.05, 0) is 49.3 Å². The second-order valence-electron chi connectivity index (χ2n) is 5.72. The van der Waals surface area contributed by atoms with Gasteiger partial charge in [0.1, 0.15) is 5.82 Å². The van der Waals surface area contributed by atoms with Crippen molar-refractivity contribution in [3.63, 3.8) is 0 Å². The van der Waals surface area contributed by atoms with Gasteiger partial charge in [0.25, 0.3) is 10.0 Å². The Bertz CT molecular complexity index is 712. The zero-order valence-electron chi connectivity index (χ0n) is 12.8. The van der Waals surface area contributed by atoms with Gasteiger partial charge in [0.2, 0.25) is 0 Å². The average molecular weight is 372 g/mol. The summed E-state index contributed by atoms with van der Waals surface area (Å²) in [6.45, 7) is 3.48. The summed E-state index contributed by atoms with van der Waals surface area (Å²) in [6, 6.07) is 2.76. The zero-order chi connectivity index (χ0) is 18.8. The number of hydrogen-bond acceptors (Lipinski definition) is 5. The summed E-state index contributed by atoms with van der Waals surface area (Å²) in [6.07, 6.45) is -4.70. The van der Waals surface area contributed by atoms with E-state index in [-0.39, 0.29) is 12.0 Å². The van der Waals surface area contributed by atoms with Gasteiger partial charge < -0.3 is 10.6 Å². The fourth-order valence-electron chi connectivity index (χ4n) is 1.55. The lowest BCUT2D eigenvalue weighted by atomic mass is 9.96. The molecule has 0 saturated heterocycles. The Balaban J connectivity index is 2.86. The highest BCUT2D eigenvalue weighted by atomic mass is 32.2. The minimum absolute atomic E-state index is 0.194. The average Bonchev–Trinajstić information content (AvgIpc) is 2.41. The number of nitrogens with two attached hydrogens (primary N) is 1. The van der Waals surface area contributed by atoms with Crippen molar-refractivity contribution in [3.8, 4) is 0 Å². The van der Waals surface area contributed by atoms with Crippen LogP contribution in [0.1, 0.15) is 25.8 Å². The number of nitrogens with one attached hydrogen (secondary N) is 1. The first kappa shape index (κ1) is 20.3. The minimum atomic E-state index is -5.37. The Morgan fingerprint density at radius 1 is 1.29 bits per heavy atom. The molecule has 0 heterocycles. The molecule has 3 N–H and O–H groups in total. The van der Waals surface area contributed by atoms with Crippen LogP contribution in [0.15, 0.2) is 23.1 Å². The van der Waals surface area contributed by atoms with Gasteiger partial charge in [-0.25, -0.2) is 17.6 Å². The van der Waals surface area contributed by atoms with E-state index in [4.69, 9.17) is 5.73 Å². The molecule has 1 rings (SSSR count). The van der Waals surface area contributed by atoms with Gasteiger partial charge >= 0.3 is 12.1 Å². The van der Waals surface area contributed by atoms with E-state index in [1.54, 1.807) is 13.8 Å². The number of sulfonamides is 1.